The van der Waals surface area contributed by atoms with Crippen LogP contribution < -0.4 is 9.64 Å². The van der Waals surface area contributed by atoms with Crippen LogP contribution in [-0.2, 0) is 17.7 Å². The molecule has 0 unspecified atom stereocenters. The summed E-state index contributed by atoms with van der Waals surface area (Å²) in [5.74, 6) is -1.79. The molecular formula is C25H23F2N5O5. The third-order valence-electron chi connectivity index (χ3n) is 6.34. The van der Waals surface area contributed by atoms with Crippen molar-refractivity contribution < 1.29 is 28.0 Å². The van der Waals surface area contributed by atoms with Crippen LogP contribution in [-0.4, -0.2) is 58.5 Å². The molecule has 1 saturated heterocycles. The van der Waals surface area contributed by atoms with E-state index in [4.69, 9.17) is 9.47 Å². The summed E-state index contributed by atoms with van der Waals surface area (Å²) < 4.78 is 39.1. The highest BCUT2D eigenvalue weighted by atomic mass is 19.1. The average Bonchev–Trinajstić information content (AvgIpc) is 2.90. The summed E-state index contributed by atoms with van der Waals surface area (Å²) in [6, 6.07) is 7.30. The van der Waals surface area contributed by atoms with E-state index in [1.165, 1.54) is 23.1 Å². The molecule has 2 aliphatic rings. The highest BCUT2D eigenvalue weighted by molar-refractivity contribution is 5.95. The molecule has 12 heteroatoms. The zero-order valence-corrected chi connectivity index (χ0v) is 19.9. The standard InChI is InChI=1S/C25H23F2N5O5/c1-15-2-3-16(12-21(15)32(34)35)24(33)31-7-6-20-18(14-31)23(37-22-5-4-17(26)13-19(22)27)29-25(28-20)30-8-10-36-11-9-30/h2-5,12-13H,6-11,14H2,1H3. The number of nitro groups is 1. The van der Waals surface area contributed by atoms with Crippen LogP contribution in [0, 0.1) is 28.7 Å². The molecule has 0 aliphatic carbocycles. The number of carbonyl (C=O) groups excluding carboxylic acids is 1. The number of rotatable bonds is 5. The van der Waals surface area contributed by atoms with Gasteiger partial charge in [0, 0.05) is 49.3 Å². The fourth-order valence-corrected chi connectivity index (χ4v) is 4.32. The van der Waals surface area contributed by atoms with Crippen molar-refractivity contribution in [3.8, 4) is 11.6 Å². The van der Waals surface area contributed by atoms with Gasteiger partial charge in [-0.2, -0.15) is 4.98 Å². The lowest BCUT2D eigenvalue weighted by molar-refractivity contribution is -0.385. The molecule has 1 fully saturated rings. The van der Waals surface area contributed by atoms with E-state index in [1.807, 2.05) is 4.90 Å². The maximum atomic E-state index is 14.4. The SMILES string of the molecule is Cc1ccc(C(=O)N2CCc3nc(N4CCOCC4)nc(Oc4ccc(F)cc4F)c3C2)cc1[N+](=O)[O-]. The van der Waals surface area contributed by atoms with E-state index in [-0.39, 0.29) is 29.4 Å². The molecule has 10 nitrogen and oxygen atoms in total. The van der Waals surface area contributed by atoms with Gasteiger partial charge in [-0.3, -0.25) is 14.9 Å². The lowest BCUT2D eigenvalue weighted by Gasteiger charge is -2.32. The maximum absolute atomic E-state index is 14.4. The highest BCUT2D eigenvalue weighted by Crippen LogP contribution is 2.33. The lowest BCUT2D eigenvalue weighted by Crippen LogP contribution is -2.39. The molecule has 0 bridgehead atoms. The second-order valence-electron chi connectivity index (χ2n) is 8.77. The van der Waals surface area contributed by atoms with E-state index in [0.717, 1.165) is 6.07 Å². The predicted molar refractivity (Wildman–Crippen MR) is 128 cm³/mol. The summed E-state index contributed by atoms with van der Waals surface area (Å²) >= 11 is 0. The van der Waals surface area contributed by atoms with Crippen molar-refractivity contribution in [2.24, 2.45) is 0 Å². The number of amides is 1. The Balaban J connectivity index is 1.49. The van der Waals surface area contributed by atoms with Gasteiger partial charge >= 0.3 is 0 Å². The number of aryl methyl sites for hydroxylation is 1. The monoisotopic (exact) mass is 511 g/mol. The summed E-state index contributed by atoms with van der Waals surface area (Å²) in [5, 5.41) is 11.3. The van der Waals surface area contributed by atoms with E-state index in [2.05, 4.69) is 9.97 Å². The van der Waals surface area contributed by atoms with Gasteiger partial charge in [0.05, 0.1) is 35.9 Å². The number of halogens is 2. The van der Waals surface area contributed by atoms with Gasteiger partial charge < -0.3 is 19.3 Å². The first-order chi connectivity index (χ1) is 17.8. The van der Waals surface area contributed by atoms with Gasteiger partial charge in [0.2, 0.25) is 11.8 Å². The Morgan fingerprint density at radius 2 is 1.89 bits per heavy atom. The molecule has 5 rings (SSSR count). The number of nitro benzene ring substituents is 1. The third kappa shape index (κ3) is 5.05. The minimum absolute atomic E-state index is 0.0530. The van der Waals surface area contributed by atoms with Crippen LogP contribution in [0.4, 0.5) is 20.4 Å². The Hall–Kier alpha value is -4.19. The first kappa shape index (κ1) is 24.5. The molecule has 0 spiro atoms. The molecule has 192 valence electrons. The molecule has 0 radical (unpaired) electrons. The number of hydrogen-bond donors (Lipinski definition) is 0. The number of carbonyl (C=O) groups is 1. The summed E-state index contributed by atoms with van der Waals surface area (Å²) in [6.45, 7) is 4.13. The quantitative estimate of drug-likeness (QED) is 0.376. The number of benzene rings is 2. The van der Waals surface area contributed by atoms with Gasteiger partial charge in [0.1, 0.15) is 5.82 Å². The molecule has 2 aliphatic heterocycles. The van der Waals surface area contributed by atoms with E-state index in [9.17, 15) is 23.7 Å². The van der Waals surface area contributed by atoms with Crippen LogP contribution in [0.2, 0.25) is 0 Å². The van der Waals surface area contributed by atoms with E-state index in [0.29, 0.717) is 68.1 Å². The number of anilines is 1. The maximum Gasteiger partial charge on any atom is 0.273 e. The van der Waals surface area contributed by atoms with Crippen LogP contribution in [0.15, 0.2) is 36.4 Å². The molecule has 3 heterocycles. The smallest absolute Gasteiger partial charge is 0.273 e. The fraction of sp³-hybridized carbons (Fsp3) is 0.320. The van der Waals surface area contributed by atoms with Gasteiger partial charge in [0.25, 0.3) is 11.6 Å². The summed E-state index contributed by atoms with van der Waals surface area (Å²) in [4.78, 5) is 36.8. The zero-order valence-electron chi connectivity index (χ0n) is 19.9. The third-order valence-corrected chi connectivity index (χ3v) is 6.34. The number of morpholine rings is 1. The summed E-state index contributed by atoms with van der Waals surface area (Å²) in [6.07, 6.45) is 0.372. The first-order valence-electron chi connectivity index (χ1n) is 11.7. The summed E-state index contributed by atoms with van der Waals surface area (Å²) in [5.41, 5.74) is 1.62. The molecule has 0 N–H and O–H groups in total. The Morgan fingerprint density at radius 3 is 2.62 bits per heavy atom. The van der Waals surface area contributed by atoms with Crippen molar-refractivity contribution >= 4 is 17.5 Å². The van der Waals surface area contributed by atoms with Gasteiger partial charge in [-0.05, 0) is 25.1 Å². The second-order valence-corrected chi connectivity index (χ2v) is 8.77. The van der Waals surface area contributed by atoms with Crippen LogP contribution in [0.1, 0.15) is 27.2 Å². The van der Waals surface area contributed by atoms with Crippen LogP contribution >= 0.6 is 0 Å². The van der Waals surface area contributed by atoms with Crippen LogP contribution in [0.3, 0.4) is 0 Å². The zero-order chi connectivity index (χ0) is 26.1. The van der Waals surface area contributed by atoms with Crippen molar-refractivity contribution in [2.45, 2.75) is 19.9 Å². The van der Waals surface area contributed by atoms with Crippen LogP contribution in [0.5, 0.6) is 11.6 Å². The predicted octanol–water partition coefficient (Wildman–Crippen LogP) is 3.80. The van der Waals surface area contributed by atoms with Crippen molar-refractivity contribution in [2.75, 3.05) is 37.7 Å². The normalized spacial score (nSPS) is 15.3. The largest absolute Gasteiger partial charge is 0.435 e. The minimum atomic E-state index is -0.893. The molecule has 0 saturated carbocycles. The number of ether oxygens (including phenoxy) is 2. The highest BCUT2D eigenvalue weighted by Gasteiger charge is 2.30. The minimum Gasteiger partial charge on any atom is -0.435 e. The van der Waals surface area contributed by atoms with Gasteiger partial charge in [-0.1, -0.05) is 6.07 Å². The van der Waals surface area contributed by atoms with Crippen molar-refractivity contribution in [3.05, 3.63) is 80.5 Å². The topological polar surface area (TPSA) is 111 Å². The number of aromatic nitrogens is 2. The molecule has 0 atom stereocenters. The molecule has 37 heavy (non-hydrogen) atoms. The Bertz CT molecular complexity index is 1380. The van der Waals surface area contributed by atoms with Crippen molar-refractivity contribution in [3.63, 3.8) is 0 Å². The van der Waals surface area contributed by atoms with E-state index >= 15 is 0 Å². The van der Waals surface area contributed by atoms with Crippen molar-refractivity contribution in [1.29, 1.82) is 0 Å². The fourth-order valence-electron chi connectivity index (χ4n) is 4.32. The number of hydrogen-bond acceptors (Lipinski definition) is 8. The summed E-state index contributed by atoms with van der Waals surface area (Å²) in [7, 11) is 0. The van der Waals surface area contributed by atoms with Crippen LogP contribution in [0.25, 0.3) is 0 Å². The Labute approximate surface area is 210 Å². The van der Waals surface area contributed by atoms with Crippen molar-refractivity contribution in [1.82, 2.24) is 14.9 Å². The van der Waals surface area contributed by atoms with Gasteiger partial charge in [0.15, 0.2) is 11.6 Å². The molecule has 3 aromatic rings. The molecule has 2 aromatic carbocycles. The van der Waals surface area contributed by atoms with Gasteiger partial charge in [-0.25, -0.2) is 13.8 Å². The average molecular weight is 511 g/mol. The lowest BCUT2D eigenvalue weighted by atomic mass is 10.0. The first-order valence-corrected chi connectivity index (χ1v) is 11.7. The molecule has 1 amide bonds. The molecule has 1 aromatic heterocycles. The Kier molecular flexibility index (Phi) is 6.66. The molecular weight excluding hydrogens is 488 g/mol. The second kappa shape index (κ2) is 10.1. The van der Waals surface area contributed by atoms with E-state index in [1.54, 1.807) is 13.0 Å². The Morgan fingerprint density at radius 1 is 1.11 bits per heavy atom. The van der Waals surface area contributed by atoms with E-state index < -0.39 is 22.5 Å². The van der Waals surface area contributed by atoms with Gasteiger partial charge in [-0.15, -0.1) is 0 Å². The number of fused-ring (bicyclic) bond motifs is 1. The number of nitrogens with zero attached hydrogens (tertiary/aromatic N) is 5.